The lowest BCUT2D eigenvalue weighted by Crippen LogP contribution is -2.07. The fraction of sp³-hybridized carbons (Fsp3) is 0.286. The first-order chi connectivity index (χ1) is 5.58. The summed E-state index contributed by atoms with van der Waals surface area (Å²) in [6.45, 7) is 0. The van der Waals surface area contributed by atoms with Crippen molar-refractivity contribution in [1.29, 1.82) is 0 Å². The first-order valence-corrected chi connectivity index (χ1v) is 5.04. The van der Waals surface area contributed by atoms with E-state index < -0.39 is 10.1 Å². The molecule has 1 heterocycles. The van der Waals surface area contributed by atoms with Gasteiger partial charge < -0.3 is 0 Å². The van der Waals surface area contributed by atoms with Crippen LogP contribution in [0.15, 0.2) is 23.9 Å². The van der Waals surface area contributed by atoms with Crippen LogP contribution in [0, 0.1) is 0 Å². The topological polar surface area (TPSA) is 68.5 Å². The van der Waals surface area contributed by atoms with Crippen LogP contribution in [0.5, 0.6) is 0 Å². The molecule has 0 unspecified atom stereocenters. The number of nitrogens with zero attached hydrogens (tertiary/aromatic N) is 1. The Morgan fingerprint density at radius 3 is 2.67 bits per heavy atom. The Kier molecular flexibility index (Phi) is 2.78. The zero-order chi connectivity index (χ0) is 9.03. The summed E-state index contributed by atoms with van der Waals surface area (Å²) in [5.74, 6) is -0.274. The Hall–Kier alpha value is -0.940. The summed E-state index contributed by atoms with van der Waals surface area (Å²) in [5.41, 5.74) is 0.662. The predicted molar refractivity (Wildman–Crippen MR) is 46.5 cm³/mol. The van der Waals surface area contributed by atoms with Gasteiger partial charge in [0.15, 0.2) is 0 Å². The molecule has 65 valence electrons. The highest BCUT2D eigenvalue weighted by molar-refractivity contribution is 7.85. The molecule has 0 aromatic carbocycles. The van der Waals surface area contributed by atoms with Gasteiger partial charge in [0.05, 0.1) is 17.2 Å². The van der Waals surface area contributed by atoms with Crippen molar-refractivity contribution in [3.05, 3.63) is 23.9 Å². The van der Waals surface area contributed by atoms with E-state index in [9.17, 15) is 8.42 Å². The third kappa shape index (κ3) is 3.45. The number of allylic oxidation sites excluding steroid dienone is 4. The number of hydrogen-bond donors (Lipinski definition) is 1. The van der Waals surface area contributed by atoms with Gasteiger partial charge in [-0.15, -0.1) is 0 Å². The van der Waals surface area contributed by atoms with Gasteiger partial charge in [-0.3, -0.25) is 4.55 Å². The minimum Gasteiger partial charge on any atom is -0.286 e. The second-order valence-corrected chi connectivity index (χ2v) is 3.93. The molecule has 0 atom stereocenters. The van der Waals surface area contributed by atoms with Crippen LogP contribution in [0.25, 0.3) is 0 Å². The highest BCUT2D eigenvalue weighted by atomic mass is 32.2. The first-order valence-electron chi connectivity index (χ1n) is 3.43. The second-order valence-electron chi connectivity index (χ2n) is 2.36. The summed E-state index contributed by atoms with van der Waals surface area (Å²) in [6.07, 6.45) is 7.06. The maximum atomic E-state index is 10.3. The molecule has 0 aliphatic carbocycles. The molecular formula is C7H9NO3S+. The van der Waals surface area contributed by atoms with Crippen LogP contribution < -0.4 is 4.99 Å². The molecule has 5 heteroatoms. The van der Waals surface area contributed by atoms with Crippen molar-refractivity contribution in [2.45, 2.75) is 6.42 Å². The van der Waals surface area contributed by atoms with E-state index in [1.54, 1.807) is 24.4 Å². The van der Waals surface area contributed by atoms with E-state index in [1.807, 2.05) is 0 Å². The minimum absolute atomic E-state index is 0.250. The summed E-state index contributed by atoms with van der Waals surface area (Å²) in [6, 6.07) is 0. The summed E-state index contributed by atoms with van der Waals surface area (Å²) < 4.78 is 29.1. The van der Waals surface area contributed by atoms with Gasteiger partial charge >= 0.3 is 0 Å². The number of rotatable bonds is 3. The van der Waals surface area contributed by atoms with E-state index in [2.05, 4.69) is 4.99 Å². The van der Waals surface area contributed by atoms with E-state index in [4.69, 9.17) is 4.55 Å². The van der Waals surface area contributed by atoms with Gasteiger partial charge in [0.1, 0.15) is 0 Å². The Bertz CT molecular complexity index is 338. The largest absolute Gasteiger partial charge is 0.286 e. The van der Waals surface area contributed by atoms with E-state index in [-0.39, 0.29) is 12.2 Å². The lowest BCUT2D eigenvalue weighted by molar-refractivity contribution is 0.482. The van der Waals surface area contributed by atoms with E-state index in [0.717, 1.165) is 0 Å². The fourth-order valence-corrected chi connectivity index (χ4v) is 1.25. The molecule has 4 nitrogen and oxygen atoms in total. The van der Waals surface area contributed by atoms with Crippen LogP contribution in [0.4, 0.5) is 0 Å². The summed E-state index contributed by atoms with van der Waals surface area (Å²) in [7, 11) is -3.86. The Balaban J connectivity index is 2.49. The number of aliphatic imine (C=N–C) groups is 1. The van der Waals surface area contributed by atoms with Crippen molar-refractivity contribution in [2.75, 3.05) is 5.75 Å². The van der Waals surface area contributed by atoms with Gasteiger partial charge in [0.25, 0.3) is 15.8 Å². The molecule has 0 saturated heterocycles. The Morgan fingerprint density at radius 2 is 2.17 bits per heavy atom. The minimum atomic E-state index is -3.86. The van der Waals surface area contributed by atoms with Crippen molar-refractivity contribution in [2.24, 2.45) is 0 Å². The molecule has 1 aliphatic rings. The van der Waals surface area contributed by atoms with Crippen LogP contribution in [-0.4, -0.2) is 24.9 Å². The summed E-state index contributed by atoms with van der Waals surface area (Å²) in [4.78, 5) is 3.91. The standard InChI is InChI=1S/C7H9NO3S/c9-12(10,11)6-4-7-3-1-2-5-8-7/h1-3,5H,4,6H2,(H,9,10,11)/q+1. The molecule has 0 bridgehead atoms. The average molecular weight is 187 g/mol. The van der Waals surface area contributed by atoms with Crippen molar-refractivity contribution in [3.8, 4) is 0 Å². The van der Waals surface area contributed by atoms with Crippen molar-refractivity contribution < 1.29 is 13.0 Å². The predicted octanol–water partition coefficient (Wildman–Crippen LogP) is 0.125. The average Bonchev–Trinajstić information content (AvgIpc) is 2.02. The molecule has 1 N–H and O–H groups in total. The summed E-state index contributed by atoms with van der Waals surface area (Å²) in [5, 5.41) is 0. The molecule has 0 spiro atoms. The molecule has 1 rings (SSSR count). The van der Waals surface area contributed by atoms with Gasteiger partial charge in [-0.25, -0.2) is 0 Å². The monoisotopic (exact) mass is 187 g/mol. The molecule has 0 fully saturated rings. The van der Waals surface area contributed by atoms with Crippen LogP contribution in [-0.2, 0) is 10.1 Å². The molecule has 0 aromatic heterocycles. The maximum Gasteiger partial charge on any atom is 0.265 e. The van der Waals surface area contributed by atoms with Gasteiger partial charge in [0, 0.05) is 12.2 Å². The molecule has 0 aromatic rings. The zero-order valence-corrected chi connectivity index (χ0v) is 7.16. The van der Waals surface area contributed by atoms with Gasteiger partial charge in [0.2, 0.25) is 6.21 Å². The lowest BCUT2D eigenvalue weighted by atomic mass is 10.3. The Labute approximate surface area is 71.1 Å². The lowest BCUT2D eigenvalue weighted by Gasteiger charge is -1.91. The normalized spacial score (nSPS) is 16.2. The fourth-order valence-electron chi connectivity index (χ4n) is 0.780. The van der Waals surface area contributed by atoms with Crippen LogP contribution >= 0.6 is 0 Å². The van der Waals surface area contributed by atoms with Gasteiger partial charge in [-0.1, -0.05) is 0 Å². The smallest absolute Gasteiger partial charge is 0.265 e. The van der Waals surface area contributed by atoms with Crippen molar-refractivity contribution >= 4 is 16.3 Å². The molecule has 1 radical (unpaired) electrons. The third-order valence-corrected chi connectivity index (χ3v) is 2.06. The molecule has 1 aliphatic heterocycles. The SMILES string of the molecule is O=S(=O)(O)CCC1=CC=CC=[N+]1. The van der Waals surface area contributed by atoms with Gasteiger partial charge in [-0.2, -0.15) is 8.42 Å². The molecule has 0 amide bonds. The quantitative estimate of drug-likeness (QED) is 0.638. The van der Waals surface area contributed by atoms with E-state index in [1.165, 1.54) is 0 Å². The number of hydrogen-bond acceptors (Lipinski definition) is 3. The highest BCUT2D eigenvalue weighted by Gasteiger charge is 2.13. The van der Waals surface area contributed by atoms with Crippen LogP contribution in [0.3, 0.4) is 0 Å². The van der Waals surface area contributed by atoms with E-state index >= 15 is 0 Å². The van der Waals surface area contributed by atoms with Gasteiger partial charge in [-0.05, 0) is 6.08 Å². The highest BCUT2D eigenvalue weighted by Crippen LogP contribution is 2.01. The van der Waals surface area contributed by atoms with Crippen LogP contribution in [0.1, 0.15) is 6.42 Å². The third-order valence-electron chi connectivity index (χ3n) is 1.34. The molecular weight excluding hydrogens is 178 g/mol. The van der Waals surface area contributed by atoms with Crippen LogP contribution in [0.2, 0.25) is 0 Å². The maximum absolute atomic E-state index is 10.3. The molecule has 0 saturated carbocycles. The van der Waals surface area contributed by atoms with E-state index in [0.29, 0.717) is 5.70 Å². The zero-order valence-electron chi connectivity index (χ0n) is 6.34. The second kappa shape index (κ2) is 3.64. The van der Waals surface area contributed by atoms with Crippen molar-refractivity contribution in [3.63, 3.8) is 0 Å². The summed E-state index contributed by atoms with van der Waals surface area (Å²) >= 11 is 0. The first kappa shape index (κ1) is 9.15. The van der Waals surface area contributed by atoms with Crippen molar-refractivity contribution in [1.82, 2.24) is 4.99 Å². The molecule has 12 heavy (non-hydrogen) atoms. The Morgan fingerprint density at radius 1 is 1.42 bits per heavy atom.